The highest BCUT2D eigenvalue weighted by Gasteiger charge is 2.51. The van der Waals surface area contributed by atoms with Crippen LogP contribution in [-0.4, -0.2) is 108 Å². The van der Waals surface area contributed by atoms with E-state index in [1.807, 2.05) is 0 Å². The SMILES string of the molecule is CCCCCCCCCCCCCCCCCCCCC(O)C(COP(=O)(O)OC1C(O)C(O)C(O)C(O)C1O)NC(=O)CC(O)CCCCCCCCCCCCCCCCCC. The lowest BCUT2D eigenvalue weighted by molar-refractivity contribution is -0.220. The molecule has 0 aliphatic heterocycles. The van der Waals surface area contributed by atoms with Crippen molar-refractivity contribution in [2.24, 2.45) is 0 Å². The van der Waals surface area contributed by atoms with Gasteiger partial charge in [0.2, 0.25) is 5.91 Å². The summed E-state index contributed by atoms with van der Waals surface area (Å²) < 4.78 is 23.0. The first-order valence-corrected chi connectivity index (χ1v) is 28.1. The smallest absolute Gasteiger partial charge is 0.393 e. The Bertz CT molecular complexity index is 1110. The standard InChI is InChI=1S/C50H100NO12P/c1-3-5-7-9-11-13-15-17-19-21-22-24-26-28-30-32-34-36-38-43(53)42(40-62-64(60,61)63-50-48(58)46(56)45(55)47(57)49(50)59)51-44(54)39-41(52)37-35-33-31-29-27-25-23-20-18-16-14-12-10-8-6-4-2/h41-43,45-50,52-53,55-59H,3-40H2,1-2H3,(H,51,54)(H,60,61). The third kappa shape index (κ3) is 31.4. The van der Waals surface area contributed by atoms with Crippen molar-refractivity contribution in [3.63, 3.8) is 0 Å². The topological polar surface area (TPSA) is 226 Å². The van der Waals surface area contributed by atoms with Crippen molar-refractivity contribution < 1.29 is 59.0 Å². The second-order valence-electron chi connectivity index (χ2n) is 19.3. The molecular weight excluding hydrogens is 838 g/mol. The molecule has 9 N–H and O–H groups in total. The van der Waals surface area contributed by atoms with Crippen molar-refractivity contribution in [3.05, 3.63) is 0 Å². The van der Waals surface area contributed by atoms with Crippen LogP contribution in [-0.2, 0) is 18.4 Å². The van der Waals surface area contributed by atoms with E-state index in [-0.39, 0.29) is 12.8 Å². The molecule has 0 spiro atoms. The van der Waals surface area contributed by atoms with Gasteiger partial charge < -0.3 is 46.0 Å². The van der Waals surface area contributed by atoms with E-state index in [1.54, 1.807) is 0 Å². The molecule has 8 atom stereocenters. The summed E-state index contributed by atoms with van der Waals surface area (Å²) in [6.45, 7) is 3.83. The van der Waals surface area contributed by atoms with Crippen LogP contribution in [0.2, 0.25) is 0 Å². The lowest BCUT2D eigenvalue weighted by atomic mass is 9.85. The number of carbonyl (C=O) groups excluding carboxylic acids is 1. The molecule has 0 aromatic rings. The van der Waals surface area contributed by atoms with E-state index in [1.165, 1.54) is 161 Å². The second kappa shape index (κ2) is 40.2. The Morgan fingerprint density at radius 2 is 0.781 bits per heavy atom. The van der Waals surface area contributed by atoms with E-state index in [2.05, 4.69) is 19.2 Å². The summed E-state index contributed by atoms with van der Waals surface area (Å²) in [6.07, 6.45) is 28.5. The number of aliphatic hydroxyl groups is 7. The largest absolute Gasteiger partial charge is 0.472 e. The van der Waals surface area contributed by atoms with Crippen LogP contribution < -0.4 is 5.32 Å². The molecule has 13 nitrogen and oxygen atoms in total. The fourth-order valence-corrected chi connectivity index (χ4v) is 9.86. The minimum Gasteiger partial charge on any atom is -0.393 e. The van der Waals surface area contributed by atoms with Gasteiger partial charge in [0.25, 0.3) is 0 Å². The molecule has 1 amide bonds. The van der Waals surface area contributed by atoms with Crippen LogP contribution in [0.25, 0.3) is 0 Å². The van der Waals surface area contributed by atoms with Crippen molar-refractivity contribution in [2.45, 2.75) is 306 Å². The maximum absolute atomic E-state index is 13.1. The molecular formula is C50H100NO12P. The Balaban J connectivity index is 2.44. The summed E-state index contributed by atoms with van der Waals surface area (Å²) in [6, 6.07) is -1.15. The van der Waals surface area contributed by atoms with Crippen LogP contribution in [0, 0.1) is 0 Å². The number of carbonyl (C=O) groups is 1. The summed E-state index contributed by atoms with van der Waals surface area (Å²) in [5.41, 5.74) is 0. The molecule has 64 heavy (non-hydrogen) atoms. The minimum absolute atomic E-state index is 0.215. The van der Waals surface area contributed by atoms with Crippen molar-refractivity contribution in [2.75, 3.05) is 6.61 Å². The van der Waals surface area contributed by atoms with Crippen LogP contribution in [0.1, 0.15) is 251 Å². The van der Waals surface area contributed by atoms with Crippen LogP contribution >= 0.6 is 7.82 Å². The number of phosphoric acid groups is 1. The number of hydrogen-bond acceptors (Lipinski definition) is 11. The molecule has 1 rings (SSSR count). The molecule has 0 aromatic carbocycles. The van der Waals surface area contributed by atoms with Crippen LogP contribution in [0.3, 0.4) is 0 Å². The van der Waals surface area contributed by atoms with E-state index in [9.17, 15) is 50.0 Å². The predicted octanol–water partition coefficient (Wildman–Crippen LogP) is 9.99. The van der Waals surface area contributed by atoms with Gasteiger partial charge in [0.15, 0.2) is 0 Å². The zero-order valence-corrected chi connectivity index (χ0v) is 41.6. The molecule has 382 valence electrons. The zero-order valence-electron chi connectivity index (χ0n) is 40.7. The Labute approximate surface area is 389 Å². The number of aliphatic hydroxyl groups excluding tert-OH is 7. The second-order valence-corrected chi connectivity index (χ2v) is 20.7. The molecule has 0 radical (unpaired) electrons. The van der Waals surface area contributed by atoms with E-state index < -0.39 is 75.2 Å². The summed E-state index contributed by atoms with van der Waals surface area (Å²) in [4.78, 5) is 23.6. The Morgan fingerprint density at radius 3 is 1.12 bits per heavy atom. The van der Waals surface area contributed by atoms with Crippen molar-refractivity contribution in [1.29, 1.82) is 0 Å². The lowest BCUT2D eigenvalue weighted by Gasteiger charge is -2.41. The van der Waals surface area contributed by atoms with Gasteiger partial charge in [0, 0.05) is 0 Å². The van der Waals surface area contributed by atoms with Crippen molar-refractivity contribution in [1.82, 2.24) is 5.32 Å². The monoisotopic (exact) mass is 938 g/mol. The van der Waals surface area contributed by atoms with E-state index in [0.717, 1.165) is 51.4 Å². The molecule has 14 heteroatoms. The molecule has 1 aliphatic rings. The number of phosphoric ester groups is 1. The fraction of sp³-hybridized carbons (Fsp3) is 0.980. The molecule has 1 fully saturated rings. The average molecular weight is 938 g/mol. The highest BCUT2D eigenvalue weighted by molar-refractivity contribution is 7.47. The van der Waals surface area contributed by atoms with Gasteiger partial charge >= 0.3 is 7.82 Å². The van der Waals surface area contributed by atoms with E-state index >= 15 is 0 Å². The highest BCUT2D eigenvalue weighted by atomic mass is 31.2. The van der Waals surface area contributed by atoms with Gasteiger partial charge in [0.1, 0.15) is 36.6 Å². The number of amides is 1. The van der Waals surface area contributed by atoms with E-state index in [4.69, 9.17) is 9.05 Å². The number of unbranched alkanes of at least 4 members (excludes halogenated alkanes) is 32. The fourth-order valence-electron chi connectivity index (χ4n) is 8.90. The quantitative estimate of drug-likeness (QED) is 0.0205. The maximum atomic E-state index is 13.1. The summed E-state index contributed by atoms with van der Waals surface area (Å²) in [5, 5.41) is 74.9. The molecule has 0 saturated heterocycles. The first-order valence-electron chi connectivity index (χ1n) is 26.6. The van der Waals surface area contributed by atoms with Crippen molar-refractivity contribution >= 4 is 13.7 Å². The normalized spacial score (nSPS) is 22.6. The molecule has 1 aliphatic carbocycles. The third-order valence-corrected chi connectivity index (χ3v) is 14.2. The van der Waals surface area contributed by atoms with Crippen molar-refractivity contribution in [3.8, 4) is 0 Å². The third-order valence-electron chi connectivity index (χ3n) is 13.2. The Hall–Kier alpha value is -0.700. The summed E-state index contributed by atoms with van der Waals surface area (Å²) in [5.74, 6) is -0.554. The van der Waals surface area contributed by atoms with Crippen LogP contribution in [0.15, 0.2) is 0 Å². The van der Waals surface area contributed by atoms with Gasteiger partial charge in [0.05, 0.1) is 31.3 Å². The van der Waals surface area contributed by atoms with Crippen LogP contribution in [0.5, 0.6) is 0 Å². The zero-order chi connectivity index (χ0) is 47.3. The summed E-state index contributed by atoms with van der Waals surface area (Å²) >= 11 is 0. The lowest BCUT2D eigenvalue weighted by Crippen LogP contribution is -2.64. The Morgan fingerprint density at radius 1 is 0.484 bits per heavy atom. The van der Waals surface area contributed by atoms with Gasteiger partial charge in [-0.2, -0.15) is 0 Å². The molecule has 0 aromatic heterocycles. The first-order chi connectivity index (χ1) is 30.8. The summed E-state index contributed by atoms with van der Waals surface area (Å²) in [7, 11) is -5.12. The predicted molar refractivity (Wildman–Crippen MR) is 257 cm³/mol. The minimum atomic E-state index is -5.12. The molecule has 0 heterocycles. The van der Waals surface area contributed by atoms with E-state index in [0.29, 0.717) is 12.8 Å². The highest BCUT2D eigenvalue weighted by Crippen LogP contribution is 2.47. The number of hydrogen-bond donors (Lipinski definition) is 9. The van der Waals surface area contributed by atoms with Gasteiger partial charge in [-0.1, -0.05) is 232 Å². The number of rotatable bonds is 45. The molecule has 1 saturated carbocycles. The molecule has 0 bridgehead atoms. The van der Waals surface area contributed by atoms with Gasteiger partial charge in [-0.15, -0.1) is 0 Å². The average Bonchev–Trinajstić information content (AvgIpc) is 3.27. The van der Waals surface area contributed by atoms with Gasteiger partial charge in [-0.05, 0) is 12.8 Å². The van der Waals surface area contributed by atoms with Gasteiger partial charge in [-0.25, -0.2) is 4.57 Å². The maximum Gasteiger partial charge on any atom is 0.472 e. The Kier molecular flexibility index (Phi) is 38.5. The number of nitrogens with one attached hydrogen (secondary N) is 1. The molecule has 8 unspecified atom stereocenters. The van der Waals surface area contributed by atoms with Crippen LogP contribution in [0.4, 0.5) is 0 Å². The van der Waals surface area contributed by atoms with Gasteiger partial charge in [-0.3, -0.25) is 13.8 Å². The first kappa shape index (κ1) is 61.3.